The Hall–Kier alpha value is -2.54. The van der Waals surface area contributed by atoms with Gasteiger partial charge in [0.15, 0.2) is 0 Å². The molecule has 5 rings (SSSR count). The van der Waals surface area contributed by atoms with E-state index in [9.17, 15) is 4.79 Å². The van der Waals surface area contributed by atoms with Crippen LogP contribution in [0.1, 0.15) is 31.7 Å². The van der Waals surface area contributed by atoms with Crippen molar-refractivity contribution in [2.45, 2.75) is 32.7 Å². The second kappa shape index (κ2) is 7.61. The van der Waals surface area contributed by atoms with Crippen molar-refractivity contribution in [3.05, 3.63) is 48.5 Å². The highest BCUT2D eigenvalue weighted by Crippen LogP contribution is 2.58. The van der Waals surface area contributed by atoms with Crippen molar-refractivity contribution in [3.8, 4) is 0 Å². The number of rotatable bonds is 4. The molecule has 0 saturated carbocycles. The van der Waals surface area contributed by atoms with Crippen molar-refractivity contribution in [3.63, 3.8) is 0 Å². The van der Waals surface area contributed by atoms with Crippen molar-refractivity contribution in [1.82, 2.24) is 24.8 Å². The monoisotopic (exact) mass is 406 g/mol. The summed E-state index contributed by atoms with van der Waals surface area (Å²) >= 11 is 0. The Morgan fingerprint density at radius 3 is 2.37 bits per heavy atom. The number of hydrogen-bond donors (Lipinski definition) is 0. The second-order valence-corrected chi connectivity index (χ2v) is 9.03. The zero-order chi connectivity index (χ0) is 20.6. The van der Waals surface area contributed by atoms with Crippen LogP contribution in [0, 0.1) is 10.8 Å². The Kier molecular flexibility index (Phi) is 4.93. The minimum Gasteiger partial charge on any atom is -0.342 e. The molecule has 3 aliphatic rings. The molecule has 3 fully saturated rings. The second-order valence-electron chi connectivity index (χ2n) is 9.03. The Labute approximate surface area is 178 Å². The van der Waals surface area contributed by atoms with Crippen LogP contribution < -0.4 is 4.90 Å². The van der Waals surface area contributed by atoms with Gasteiger partial charge in [-0.3, -0.25) is 14.7 Å². The lowest BCUT2D eigenvalue weighted by molar-refractivity contribution is -0.142. The molecule has 0 aromatic carbocycles. The van der Waals surface area contributed by atoms with E-state index >= 15 is 0 Å². The van der Waals surface area contributed by atoms with Crippen molar-refractivity contribution < 1.29 is 4.79 Å². The van der Waals surface area contributed by atoms with E-state index in [1.165, 1.54) is 5.56 Å². The zero-order valence-corrected chi connectivity index (χ0v) is 17.7. The lowest BCUT2D eigenvalue weighted by Gasteiger charge is -2.46. The molecule has 0 N–H and O–H groups in total. The lowest BCUT2D eigenvalue weighted by atomic mass is 9.60. The van der Waals surface area contributed by atoms with Crippen LogP contribution in [-0.2, 0) is 11.3 Å². The third-order valence-electron chi connectivity index (χ3n) is 7.66. The van der Waals surface area contributed by atoms with Gasteiger partial charge in [-0.1, -0.05) is 0 Å². The van der Waals surface area contributed by atoms with Crippen LogP contribution in [0.3, 0.4) is 0 Å². The van der Waals surface area contributed by atoms with Crippen LogP contribution in [0.2, 0.25) is 0 Å². The minimum absolute atomic E-state index is 0.00193. The topological polar surface area (TPSA) is 65.5 Å². The number of piperidine rings is 1. The molecule has 0 aliphatic carbocycles. The number of amides is 1. The highest BCUT2D eigenvalue weighted by molar-refractivity contribution is 5.87. The molecule has 158 valence electrons. The maximum Gasteiger partial charge on any atom is 0.231 e. The van der Waals surface area contributed by atoms with E-state index in [0.29, 0.717) is 5.91 Å². The molecule has 3 aliphatic heterocycles. The van der Waals surface area contributed by atoms with E-state index in [0.717, 1.165) is 71.0 Å². The van der Waals surface area contributed by atoms with Gasteiger partial charge in [0, 0.05) is 62.9 Å². The summed E-state index contributed by atoms with van der Waals surface area (Å²) in [5.74, 6) is 1.11. The van der Waals surface area contributed by atoms with Gasteiger partial charge < -0.3 is 9.80 Å². The van der Waals surface area contributed by atoms with Gasteiger partial charge in [0.25, 0.3) is 0 Å². The van der Waals surface area contributed by atoms with E-state index in [1.807, 2.05) is 18.5 Å². The first-order valence-corrected chi connectivity index (χ1v) is 11.1. The molecular formula is C23H30N6O. The van der Waals surface area contributed by atoms with Crippen molar-refractivity contribution in [2.24, 2.45) is 10.8 Å². The molecule has 5 heterocycles. The van der Waals surface area contributed by atoms with Crippen LogP contribution in [0.25, 0.3) is 0 Å². The number of nitrogens with zero attached hydrogens (tertiary/aromatic N) is 6. The number of aromatic nitrogens is 3. The predicted molar refractivity (Wildman–Crippen MR) is 115 cm³/mol. The molecule has 7 nitrogen and oxygen atoms in total. The molecule has 30 heavy (non-hydrogen) atoms. The summed E-state index contributed by atoms with van der Waals surface area (Å²) in [6.07, 6.45) is 10.4. The number of carbonyl (C=O) groups excluding carboxylic acids is 1. The molecule has 2 spiro atoms. The standard InChI is InChI=1S/C23H30N6O/c1-2-28-15-8-23(20(28)30)18-29(21-25-9-3-10-26-21)17-22(23)6-13-27(14-7-22)16-19-4-11-24-12-5-19/h3-5,9-12H,2,6-8,13-18H2,1H3. The summed E-state index contributed by atoms with van der Waals surface area (Å²) in [6.45, 7) is 8.38. The Balaban J connectivity index is 1.40. The first-order valence-electron chi connectivity index (χ1n) is 11.1. The van der Waals surface area contributed by atoms with Gasteiger partial charge >= 0.3 is 0 Å². The fourth-order valence-electron chi connectivity index (χ4n) is 5.96. The highest BCUT2D eigenvalue weighted by Gasteiger charge is 2.65. The maximum atomic E-state index is 13.6. The van der Waals surface area contributed by atoms with Crippen molar-refractivity contribution in [1.29, 1.82) is 0 Å². The van der Waals surface area contributed by atoms with Crippen LogP contribution in [0.15, 0.2) is 43.0 Å². The summed E-state index contributed by atoms with van der Waals surface area (Å²) in [6, 6.07) is 6.04. The average molecular weight is 407 g/mol. The molecule has 0 radical (unpaired) electrons. The van der Waals surface area contributed by atoms with E-state index in [4.69, 9.17) is 0 Å². The molecule has 0 bridgehead atoms. The fraction of sp³-hybridized carbons (Fsp3) is 0.565. The summed E-state index contributed by atoms with van der Waals surface area (Å²) < 4.78 is 0. The molecule has 2 aromatic rings. The molecule has 1 amide bonds. The fourth-order valence-corrected chi connectivity index (χ4v) is 5.96. The van der Waals surface area contributed by atoms with Gasteiger partial charge in [-0.05, 0) is 63.0 Å². The van der Waals surface area contributed by atoms with E-state index in [-0.39, 0.29) is 10.8 Å². The lowest BCUT2D eigenvalue weighted by Crippen LogP contribution is -2.52. The number of pyridine rings is 1. The number of hydrogen-bond acceptors (Lipinski definition) is 6. The molecule has 2 aromatic heterocycles. The van der Waals surface area contributed by atoms with Crippen molar-refractivity contribution >= 4 is 11.9 Å². The van der Waals surface area contributed by atoms with Crippen LogP contribution in [-0.4, -0.2) is 69.9 Å². The first kappa shape index (κ1) is 19.4. The number of fused-ring (bicyclic) bond motifs is 1. The number of likely N-dealkylation sites (tertiary alicyclic amines) is 2. The first-order chi connectivity index (χ1) is 14.7. The van der Waals surface area contributed by atoms with Gasteiger partial charge in [-0.25, -0.2) is 9.97 Å². The minimum atomic E-state index is -0.301. The van der Waals surface area contributed by atoms with Gasteiger partial charge in [-0.15, -0.1) is 0 Å². The largest absolute Gasteiger partial charge is 0.342 e. The van der Waals surface area contributed by atoms with Gasteiger partial charge in [0.05, 0.1) is 5.41 Å². The van der Waals surface area contributed by atoms with Crippen LogP contribution in [0.5, 0.6) is 0 Å². The Morgan fingerprint density at radius 1 is 0.967 bits per heavy atom. The molecule has 7 heteroatoms. The third kappa shape index (κ3) is 3.07. The summed E-state index contributed by atoms with van der Waals surface area (Å²) in [5.41, 5.74) is 1.00. The molecule has 1 atom stereocenters. The quantitative estimate of drug-likeness (QED) is 0.776. The Morgan fingerprint density at radius 2 is 1.70 bits per heavy atom. The predicted octanol–water partition coefficient (Wildman–Crippen LogP) is 2.21. The smallest absolute Gasteiger partial charge is 0.231 e. The van der Waals surface area contributed by atoms with Crippen LogP contribution >= 0.6 is 0 Å². The SMILES string of the molecule is CCN1CCC2(CN(c3ncccn3)CC23CCN(Cc2ccncc2)CC3)C1=O. The number of carbonyl (C=O) groups is 1. The van der Waals surface area contributed by atoms with Crippen LogP contribution in [0.4, 0.5) is 5.95 Å². The van der Waals surface area contributed by atoms with Gasteiger partial charge in [0.2, 0.25) is 11.9 Å². The highest BCUT2D eigenvalue weighted by atomic mass is 16.2. The summed E-state index contributed by atoms with van der Waals surface area (Å²) in [4.78, 5) is 33.6. The number of anilines is 1. The van der Waals surface area contributed by atoms with E-state index in [1.54, 1.807) is 12.4 Å². The summed E-state index contributed by atoms with van der Waals surface area (Å²) in [7, 11) is 0. The normalized spacial score (nSPS) is 26.2. The maximum absolute atomic E-state index is 13.6. The van der Waals surface area contributed by atoms with Gasteiger partial charge in [0.1, 0.15) is 0 Å². The molecule has 3 saturated heterocycles. The average Bonchev–Trinajstić information content (AvgIpc) is 3.29. The zero-order valence-electron chi connectivity index (χ0n) is 17.7. The van der Waals surface area contributed by atoms with E-state index in [2.05, 4.69) is 48.7 Å². The van der Waals surface area contributed by atoms with Gasteiger partial charge in [-0.2, -0.15) is 0 Å². The summed E-state index contributed by atoms with van der Waals surface area (Å²) in [5, 5.41) is 0. The third-order valence-corrected chi connectivity index (χ3v) is 7.66. The van der Waals surface area contributed by atoms with E-state index < -0.39 is 0 Å². The van der Waals surface area contributed by atoms with Crippen molar-refractivity contribution in [2.75, 3.05) is 44.2 Å². The molecule has 1 unspecified atom stereocenters. The molecular weight excluding hydrogens is 376 g/mol. The Bertz CT molecular complexity index is 883.